The van der Waals surface area contributed by atoms with Crippen LogP contribution < -0.4 is 0 Å². The first kappa shape index (κ1) is 41.3. The van der Waals surface area contributed by atoms with Gasteiger partial charge >= 0.3 is 0 Å². The summed E-state index contributed by atoms with van der Waals surface area (Å²) in [6, 6.07) is 25.9. The fourth-order valence-corrected chi connectivity index (χ4v) is 7.56. The summed E-state index contributed by atoms with van der Waals surface area (Å²) in [4.78, 5) is 16.9. The number of pyridine rings is 1. The maximum Gasteiger partial charge on any atom is 0.162 e. The molecule has 2 aromatic heterocycles. The second kappa shape index (κ2) is 18.4. The van der Waals surface area contributed by atoms with Gasteiger partial charge in [-0.3, -0.25) is 9.78 Å². The van der Waals surface area contributed by atoms with E-state index < -0.39 is 0 Å². The summed E-state index contributed by atoms with van der Waals surface area (Å²) in [5.41, 5.74) is 9.65. The van der Waals surface area contributed by atoms with Gasteiger partial charge in [0, 0.05) is 43.7 Å². The van der Waals surface area contributed by atoms with Gasteiger partial charge in [-0.05, 0) is 78.0 Å². The summed E-state index contributed by atoms with van der Waals surface area (Å²) in [6.45, 7) is 21.6. The summed E-state index contributed by atoms with van der Waals surface area (Å²) in [6.07, 6.45) is 6.01. The van der Waals surface area contributed by atoms with E-state index >= 15 is 0 Å². The van der Waals surface area contributed by atoms with Crippen molar-refractivity contribution in [3.8, 4) is 22.4 Å². The molecule has 0 saturated carbocycles. The minimum Gasteiger partial charge on any atom is -0.512 e. The molecule has 0 unspecified atom stereocenters. The third kappa shape index (κ3) is 10.0. The number of benzene rings is 3. The largest absolute Gasteiger partial charge is 0.512 e. The summed E-state index contributed by atoms with van der Waals surface area (Å²) in [7, 11) is 0. The molecule has 5 heteroatoms. The van der Waals surface area contributed by atoms with Crippen LogP contribution in [0, 0.1) is 30.7 Å². The minimum atomic E-state index is 0. The molecule has 0 spiro atoms. The predicted molar refractivity (Wildman–Crippen MR) is 213 cm³/mol. The van der Waals surface area contributed by atoms with Crippen molar-refractivity contribution in [1.82, 2.24) is 4.98 Å². The molecule has 2 heterocycles. The van der Waals surface area contributed by atoms with E-state index in [4.69, 9.17) is 4.98 Å². The maximum atomic E-state index is 11.7. The van der Waals surface area contributed by atoms with E-state index in [0.717, 1.165) is 54.3 Å². The topological polar surface area (TPSA) is 50.2 Å². The summed E-state index contributed by atoms with van der Waals surface area (Å²) >= 11 is 1.79. The number of rotatable bonds is 11. The Kier molecular flexibility index (Phi) is 15.2. The Labute approximate surface area is 319 Å². The van der Waals surface area contributed by atoms with Gasteiger partial charge in [0.05, 0.1) is 16.0 Å². The molecule has 5 aromatic rings. The summed E-state index contributed by atoms with van der Waals surface area (Å²) < 4.78 is 1.26. The molecule has 0 saturated heterocycles. The van der Waals surface area contributed by atoms with Crippen LogP contribution in [0.15, 0.2) is 77.9 Å². The zero-order chi connectivity index (χ0) is 35.9. The van der Waals surface area contributed by atoms with Crippen molar-refractivity contribution in [2.75, 3.05) is 0 Å². The van der Waals surface area contributed by atoms with E-state index in [2.05, 4.69) is 114 Å². The number of ketones is 1. The number of hydrogen-bond acceptors (Lipinski definition) is 4. The molecule has 1 radical (unpaired) electrons. The predicted octanol–water partition coefficient (Wildman–Crippen LogP) is 13.3. The van der Waals surface area contributed by atoms with Crippen molar-refractivity contribution in [3.63, 3.8) is 0 Å². The van der Waals surface area contributed by atoms with Gasteiger partial charge in [0.1, 0.15) is 0 Å². The molecule has 50 heavy (non-hydrogen) atoms. The van der Waals surface area contributed by atoms with E-state index in [9.17, 15) is 9.90 Å². The third-order valence-electron chi connectivity index (χ3n) is 9.55. The average Bonchev–Trinajstić information content (AvgIpc) is 3.45. The standard InChI is InChI=1S/C32H32NS.C13H24O2.Ir/c1-20(2)15-22-11-13-23(14-12-22)27-18-29(33-30-21(3)19-34-31(27)30)25-16-24-9-7-8-10-26(24)28(17-25)32(4,5)6;1-5-10(6-2)12(14)9-13(15)11(7-3)8-4;/h7-14,17-20H,15H2,1-6H3;9-11,14H,5-8H2,1-4H3;/q-1;;/b;12-9-;. The van der Waals surface area contributed by atoms with Crippen LogP contribution in [0.25, 0.3) is 43.4 Å². The Morgan fingerprint density at radius 3 is 2.12 bits per heavy atom. The average molecular weight is 867 g/mol. The number of carbonyl (C=O) groups excluding carboxylic acids is 1. The van der Waals surface area contributed by atoms with Crippen LogP contribution in [0.1, 0.15) is 105 Å². The Morgan fingerprint density at radius 1 is 0.920 bits per heavy atom. The molecule has 0 aliphatic carbocycles. The van der Waals surface area contributed by atoms with Gasteiger partial charge in [0.15, 0.2) is 5.78 Å². The molecule has 0 aliphatic rings. The Balaban J connectivity index is 0.000000361. The number of carbonyl (C=O) groups is 1. The van der Waals surface area contributed by atoms with Gasteiger partial charge in [-0.15, -0.1) is 40.5 Å². The van der Waals surface area contributed by atoms with Crippen LogP contribution in [0.3, 0.4) is 0 Å². The van der Waals surface area contributed by atoms with Crippen LogP contribution in [-0.2, 0) is 36.7 Å². The Bertz CT molecular complexity index is 1890. The molecule has 0 atom stereocenters. The molecular weight excluding hydrogens is 811 g/mol. The monoisotopic (exact) mass is 867 g/mol. The first-order valence-electron chi connectivity index (χ1n) is 18.2. The summed E-state index contributed by atoms with van der Waals surface area (Å²) in [5.74, 6) is 1.21. The number of aromatic nitrogens is 1. The molecular formula is C45H56IrNO2S-. The molecule has 0 bridgehead atoms. The van der Waals surface area contributed by atoms with Crippen molar-refractivity contribution in [2.24, 2.45) is 17.8 Å². The van der Waals surface area contributed by atoms with E-state index in [0.29, 0.717) is 5.92 Å². The molecule has 269 valence electrons. The van der Waals surface area contributed by atoms with Crippen LogP contribution >= 0.6 is 11.3 Å². The van der Waals surface area contributed by atoms with Crippen LogP contribution in [-0.4, -0.2) is 15.9 Å². The van der Waals surface area contributed by atoms with Crippen molar-refractivity contribution >= 4 is 38.1 Å². The summed E-state index contributed by atoms with van der Waals surface area (Å²) in [5, 5.41) is 14.4. The first-order chi connectivity index (χ1) is 23.3. The van der Waals surface area contributed by atoms with E-state index in [1.54, 1.807) is 11.3 Å². The van der Waals surface area contributed by atoms with Crippen molar-refractivity contribution in [2.45, 2.75) is 107 Å². The molecule has 0 fully saturated rings. The molecule has 0 aliphatic heterocycles. The number of aliphatic hydroxyl groups excluding tert-OH is 1. The normalized spacial score (nSPS) is 12.1. The molecule has 5 rings (SSSR count). The second-order valence-corrected chi connectivity index (χ2v) is 15.7. The fraction of sp³-hybridized carbons (Fsp3) is 0.422. The number of hydrogen-bond donors (Lipinski definition) is 1. The SMILES string of the molecule is CCC(CC)C(=O)/C=C(\O)C(CC)CC.Cc1csc2c(-c3ccc(CC(C)C)cc3)cc(-c3[c-]c4ccccc4c(C(C)(C)C)c3)nc12.[Ir]. The van der Waals surface area contributed by atoms with Crippen LogP contribution in [0.4, 0.5) is 0 Å². The molecule has 0 amide bonds. The van der Waals surface area contributed by atoms with Crippen LogP contribution in [0.2, 0.25) is 0 Å². The number of allylic oxidation sites excluding steroid dienone is 2. The fourth-order valence-electron chi connectivity index (χ4n) is 6.54. The Hall–Kier alpha value is -3.11. The van der Waals surface area contributed by atoms with Gasteiger partial charge in [-0.1, -0.05) is 122 Å². The maximum absolute atomic E-state index is 11.7. The van der Waals surface area contributed by atoms with E-state index in [-0.39, 0.29) is 48.9 Å². The number of aryl methyl sites for hydroxylation is 1. The van der Waals surface area contributed by atoms with Crippen molar-refractivity contribution in [3.05, 3.63) is 101 Å². The smallest absolute Gasteiger partial charge is 0.162 e. The Morgan fingerprint density at radius 2 is 1.54 bits per heavy atom. The number of fused-ring (bicyclic) bond motifs is 2. The van der Waals surface area contributed by atoms with Crippen molar-refractivity contribution in [1.29, 1.82) is 0 Å². The van der Waals surface area contributed by atoms with Gasteiger partial charge in [-0.25, -0.2) is 0 Å². The van der Waals surface area contributed by atoms with Gasteiger partial charge in [0.25, 0.3) is 0 Å². The first-order valence-corrected chi connectivity index (χ1v) is 19.1. The van der Waals surface area contributed by atoms with Crippen molar-refractivity contribution < 1.29 is 30.0 Å². The number of thiophene rings is 1. The quantitative estimate of drug-likeness (QED) is 0.0817. The van der Waals surface area contributed by atoms with Crippen LogP contribution in [0.5, 0.6) is 0 Å². The molecule has 3 aromatic carbocycles. The minimum absolute atomic E-state index is 0. The molecule has 1 N–H and O–H groups in total. The zero-order valence-corrected chi connectivity index (χ0v) is 35.0. The van der Waals surface area contributed by atoms with Gasteiger partial charge in [-0.2, -0.15) is 0 Å². The second-order valence-electron chi connectivity index (χ2n) is 14.8. The number of aliphatic hydroxyl groups is 1. The van der Waals surface area contributed by atoms with E-state index in [1.165, 1.54) is 44.0 Å². The van der Waals surface area contributed by atoms with Gasteiger partial charge in [0.2, 0.25) is 0 Å². The van der Waals surface area contributed by atoms with E-state index in [1.807, 2.05) is 27.7 Å². The number of nitrogens with zero attached hydrogens (tertiary/aromatic N) is 1. The molecule has 3 nitrogen and oxygen atoms in total. The van der Waals surface area contributed by atoms with Gasteiger partial charge < -0.3 is 5.11 Å². The third-order valence-corrected chi connectivity index (χ3v) is 10.7. The zero-order valence-electron chi connectivity index (χ0n) is 31.7.